The Morgan fingerprint density at radius 3 is 2.67 bits per heavy atom. The number of hydrogen-bond acceptors (Lipinski definition) is 4. The highest BCUT2D eigenvalue weighted by Crippen LogP contribution is 2.30. The SMILES string of the molecule is Oc1ccc([C@H](O)[C@H]2CCCN2)cc1O. The summed E-state index contributed by atoms with van der Waals surface area (Å²) in [6.45, 7) is 0.922. The van der Waals surface area contributed by atoms with Gasteiger partial charge in [-0.3, -0.25) is 0 Å². The predicted molar refractivity (Wildman–Crippen MR) is 55.8 cm³/mol. The summed E-state index contributed by atoms with van der Waals surface area (Å²) in [6.07, 6.45) is 1.37. The first-order valence-electron chi connectivity index (χ1n) is 5.12. The lowest BCUT2D eigenvalue weighted by Crippen LogP contribution is -2.28. The number of hydrogen-bond donors (Lipinski definition) is 4. The van der Waals surface area contributed by atoms with Gasteiger partial charge in [0.25, 0.3) is 0 Å². The average molecular weight is 209 g/mol. The molecule has 1 aromatic rings. The number of aliphatic hydroxyl groups excluding tert-OH is 1. The monoisotopic (exact) mass is 209 g/mol. The van der Waals surface area contributed by atoms with Crippen molar-refractivity contribution in [3.63, 3.8) is 0 Å². The van der Waals surface area contributed by atoms with E-state index >= 15 is 0 Å². The summed E-state index contributed by atoms with van der Waals surface area (Å²) in [5.74, 6) is -0.352. The van der Waals surface area contributed by atoms with Gasteiger partial charge in [-0.05, 0) is 37.1 Å². The maximum Gasteiger partial charge on any atom is 0.157 e. The van der Waals surface area contributed by atoms with Crippen molar-refractivity contribution < 1.29 is 15.3 Å². The fraction of sp³-hybridized carbons (Fsp3) is 0.455. The molecule has 0 saturated carbocycles. The molecule has 4 N–H and O–H groups in total. The molecule has 4 heteroatoms. The van der Waals surface area contributed by atoms with E-state index in [0.717, 1.165) is 19.4 Å². The normalized spacial score (nSPS) is 22.9. The van der Waals surface area contributed by atoms with Gasteiger partial charge in [0.1, 0.15) is 0 Å². The molecule has 0 bridgehead atoms. The van der Waals surface area contributed by atoms with E-state index in [0.29, 0.717) is 5.56 Å². The third-order valence-corrected chi connectivity index (χ3v) is 2.82. The Morgan fingerprint density at radius 1 is 1.27 bits per heavy atom. The molecule has 0 aliphatic carbocycles. The molecule has 0 aromatic heterocycles. The van der Waals surface area contributed by atoms with E-state index in [9.17, 15) is 10.2 Å². The van der Waals surface area contributed by atoms with Crippen LogP contribution < -0.4 is 5.32 Å². The zero-order valence-corrected chi connectivity index (χ0v) is 8.35. The van der Waals surface area contributed by atoms with Crippen LogP contribution in [0, 0.1) is 0 Å². The lowest BCUT2D eigenvalue weighted by Gasteiger charge is -2.18. The van der Waals surface area contributed by atoms with Gasteiger partial charge in [0.2, 0.25) is 0 Å². The first-order chi connectivity index (χ1) is 7.18. The largest absolute Gasteiger partial charge is 0.504 e. The minimum atomic E-state index is -0.626. The lowest BCUT2D eigenvalue weighted by molar-refractivity contribution is 0.137. The Hall–Kier alpha value is -1.26. The van der Waals surface area contributed by atoms with Crippen molar-refractivity contribution in [2.24, 2.45) is 0 Å². The molecule has 1 aliphatic rings. The van der Waals surface area contributed by atoms with Gasteiger partial charge in [0.05, 0.1) is 6.10 Å². The van der Waals surface area contributed by atoms with Crippen molar-refractivity contribution in [1.82, 2.24) is 5.32 Å². The number of rotatable bonds is 2. The van der Waals surface area contributed by atoms with E-state index in [2.05, 4.69) is 5.32 Å². The van der Waals surface area contributed by atoms with Gasteiger partial charge >= 0.3 is 0 Å². The maximum atomic E-state index is 9.98. The van der Waals surface area contributed by atoms with Crippen LogP contribution in [0.25, 0.3) is 0 Å². The number of benzene rings is 1. The standard InChI is InChI=1S/C11H15NO3/c13-9-4-3-7(6-10(9)14)11(15)8-2-1-5-12-8/h3-4,6,8,11-15H,1-2,5H2/t8-,11+/m1/s1. The zero-order valence-electron chi connectivity index (χ0n) is 8.35. The summed E-state index contributed by atoms with van der Waals surface area (Å²) >= 11 is 0. The van der Waals surface area contributed by atoms with E-state index in [-0.39, 0.29) is 17.5 Å². The highest BCUT2D eigenvalue weighted by atomic mass is 16.3. The molecular weight excluding hydrogens is 194 g/mol. The Kier molecular flexibility index (Phi) is 2.79. The number of aliphatic hydroxyl groups is 1. The van der Waals surface area contributed by atoms with Crippen molar-refractivity contribution in [1.29, 1.82) is 0 Å². The van der Waals surface area contributed by atoms with Crippen LogP contribution in [0.2, 0.25) is 0 Å². The molecule has 4 nitrogen and oxygen atoms in total. The third-order valence-electron chi connectivity index (χ3n) is 2.82. The number of phenolic OH excluding ortho intramolecular Hbond substituents is 2. The second-order valence-corrected chi connectivity index (χ2v) is 3.90. The molecule has 15 heavy (non-hydrogen) atoms. The molecule has 2 rings (SSSR count). The quantitative estimate of drug-likeness (QED) is 0.546. The van der Waals surface area contributed by atoms with Gasteiger partial charge in [-0.25, -0.2) is 0 Å². The van der Waals surface area contributed by atoms with Crippen LogP contribution in [-0.4, -0.2) is 27.9 Å². The predicted octanol–water partition coefficient (Wildman–Crippen LogP) is 0.883. The van der Waals surface area contributed by atoms with Crippen molar-refractivity contribution in [2.75, 3.05) is 6.54 Å². The van der Waals surface area contributed by atoms with E-state index in [1.165, 1.54) is 12.1 Å². The van der Waals surface area contributed by atoms with E-state index < -0.39 is 6.10 Å². The Morgan fingerprint density at radius 2 is 2.07 bits per heavy atom. The number of phenols is 2. The second kappa shape index (κ2) is 4.08. The van der Waals surface area contributed by atoms with E-state index in [1.54, 1.807) is 6.07 Å². The molecule has 0 unspecified atom stereocenters. The zero-order chi connectivity index (χ0) is 10.8. The highest BCUT2D eigenvalue weighted by molar-refractivity contribution is 5.41. The van der Waals surface area contributed by atoms with Crippen molar-refractivity contribution >= 4 is 0 Å². The van der Waals surface area contributed by atoms with Crippen LogP contribution in [0.5, 0.6) is 11.5 Å². The molecule has 0 amide bonds. The van der Waals surface area contributed by atoms with Gasteiger partial charge in [-0.15, -0.1) is 0 Å². The molecule has 1 fully saturated rings. The minimum Gasteiger partial charge on any atom is -0.504 e. The summed E-state index contributed by atoms with van der Waals surface area (Å²) in [5.41, 5.74) is 0.629. The fourth-order valence-electron chi connectivity index (χ4n) is 1.94. The topological polar surface area (TPSA) is 72.7 Å². The summed E-state index contributed by atoms with van der Waals surface area (Å²) < 4.78 is 0. The van der Waals surface area contributed by atoms with Crippen LogP contribution in [0.1, 0.15) is 24.5 Å². The highest BCUT2D eigenvalue weighted by Gasteiger charge is 2.24. The van der Waals surface area contributed by atoms with Gasteiger partial charge in [-0.1, -0.05) is 6.07 Å². The molecular formula is C11H15NO3. The van der Waals surface area contributed by atoms with Gasteiger partial charge in [-0.2, -0.15) is 0 Å². The Balaban J connectivity index is 2.17. The van der Waals surface area contributed by atoms with Crippen LogP contribution in [0.3, 0.4) is 0 Å². The van der Waals surface area contributed by atoms with Crippen molar-refractivity contribution in [3.05, 3.63) is 23.8 Å². The molecule has 1 aromatic carbocycles. The Bertz CT molecular complexity index is 348. The molecule has 1 heterocycles. The molecule has 0 spiro atoms. The van der Waals surface area contributed by atoms with Crippen LogP contribution in [0.15, 0.2) is 18.2 Å². The Labute approximate surface area is 88.2 Å². The smallest absolute Gasteiger partial charge is 0.157 e. The average Bonchev–Trinajstić information content (AvgIpc) is 2.74. The van der Waals surface area contributed by atoms with Crippen molar-refractivity contribution in [3.8, 4) is 11.5 Å². The second-order valence-electron chi connectivity index (χ2n) is 3.90. The van der Waals surface area contributed by atoms with E-state index in [1.807, 2.05) is 0 Å². The molecule has 1 aliphatic heterocycles. The third kappa shape index (κ3) is 2.06. The summed E-state index contributed by atoms with van der Waals surface area (Å²) in [6, 6.07) is 4.47. The van der Waals surface area contributed by atoms with Crippen LogP contribution in [-0.2, 0) is 0 Å². The van der Waals surface area contributed by atoms with Gasteiger partial charge < -0.3 is 20.6 Å². The maximum absolute atomic E-state index is 9.98. The molecule has 1 saturated heterocycles. The summed E-state index contributed by atoms with van der Waals surface area (Å²) in [5, 5.41) is 31.6. The van der Waals surface area contributed by atoms with Crippen LogP contribution >= 0.6 is 0 Å². The molecule has 2 atom stereocenters. The van der Waals surface area contributed by atoms with Gasteiger partial charge in [0, 0.05) is 6.04 Å². The molecule has 0 radical (unpaired) electrons. The number of nitrogens with one attached hydrogen (secondary N) is 1. The minimum absolute atomic E-state index is 0.0499. The van der Waals surface area contributed by atoms with Gasteiger partial charge in [0.15, 0.2) is 11.5 Å². The fourth-order valence-corrected chi connectivity index (χ4v) is 1.94. The first-order valence-corrected chi connectivity index (χ1v) is 5.12. The molecule has 82 valence electrons. The number of aromatic hydroxyl groups is 2. The van der Waals surface area contributed by atoms with E-state index in [4.69, 9.17) is 5.11 Å². The lowest BCUT2D eigenvalue weighted by atomic mass is 10.0. The van der Waals surface area contributed by atoms with Crippen LogP contribution in [0.4, 0.5) is 0 Å². The van der Waals surface area contributed by atoms with Crippen molar-refractivity contribution in [2.45, 2.75) is 25.0 Å². The summed E-state index contributed by atoms with van der Waals surface area (Å²) in [7, 11) is 0. The first kappa shape index (κ1) is 10.3. The summed E-state index contributed by atoms with van der Waals surface area (Å²) in [4.78, 5) is 0.